The predicted octanol–water partition coefficient (Wildman–Crippen LogP) is 2.58. The Labute approximate surface area is 112 Å². The molecule has 2 aliphatic carbocycles. The highest BCUT2D eigenvalue weighted by Crippen LogP contribution is 2.18. The molecule has 3 rings (SSSR count). The maximum atomic E-state index is 11.2. The Morgan fingerprint density at radius 2 is 2.05 bits per heavy atom. The van der Waals surface area contributed by atoms with Gasteiger partial charge in [-0.15, -0.1) is 0 Å². The third-order valence-electron chi connectivity index (χ3n) is 2.75. The van der Waals surface area contributed by atoms with Gasteiger partial charge in [0.2, 0.25) is 0 Å². The van der Waals surface area contributed by atoms with E-state index >= 15 is 0 Å². The Morgan fingerprint density at radius 3 is 2.53 bits per heavy atom. The molecule has 1 atom stereocenters. The average molecular weight is 260 g/mol. The van der Waals surface area contributed by atoms with Crippen LogP contribution < -0.4 is 0 Å². The van der Waals surface area contributed by atoms with Crippen molar-refractivity contribution >= 4 is 11.6 Å². The minimum absolute atomic E-state index is 0.0616. The van der Waals surface area contributed by atoms with Crippen LogP contribution in [0.3, 0.4) is 0 Å². The summed E-state index contributed by atoms with van der Waals surface area (Å²) in [6.45, 7) is 0. The molecule has 0 N–H and O–H groups in total. The summed E-state index contributed by atoms with van der Waals surface area (Å²) < 4.78 is 10.4. The molecule has 0 aromatic rings. The maximum Gasteiger partial charge on any atom is 0.260 e. The fourth-order valence-corrected chi connectivity index (χ4v) is 1.77. The van der Waals surface area contributed by atoms with Crippen molar-refractivity contribution in [3.63, 3.8) is 0 Å². The van der Waals surface area contributed by atoms with E-state index in [1.54, 1.807) is 30.6 Å². The molecular formula is C15H16O4. The second-order valence-corrected chi connectivity index (χ2v) is 4.27. The Hall–Kier alpha value is -2.10. The molecule has 100 valence electrons. The molecule has 0 fully saturated rings. The van der Waals surface area contributed by atoms with E-state index in [0.717, 1.165) is 19.3 Å². The smallest absolute Gasteiger partial charge is 0.260 e. The largest absolute Gasteiger partial charge is 0.459 e. The van der Waals surface area contributed by atoms with Crippen LogP contribution in [0.1, 0.15) is 25.7 Å². The van der Waals surface area contributed by atoms with Crippen LogP contribution in [-0.2, 0) is 19.1 Å². The van der Waals surface area contributed by atoms with Crippen molar-refractivity contribution in [2.75, 3.05) is 0 Å². The van der Waals surface area contributed by atoms with E-state index in [4.69, 9.17) is 9.47 Å². The quantitative estimate of drug-likeness (QED) is 0.765. The van der Waals surface area contributed by atoms with Crippen molar-refractivity contribution in [2.45, 2.75) is 32.0 Å². The number of ether oxygens (including phenoxy) is 2. The van der Waals surface area contributed by atoms with Crippen LogP contribution in [0.4, 0.5) is 0 Å². The predicted molar refractivity (Wildman–Crippen MR) is 69.9 cm³/mol. The van der Waals surface area contributed by atoms with Crippen molar-refractivity contribution in [3.05, 3.63) is 48.5 Å². The molecule has 0 saturated carbocycles. The standard InChI is InChI=1S/C10H10O3.C5H6O/c11-8-4-3-5-9(8)13-10-6-1-2-7-12-10;6-5-3-1-2-4-5/h1-2,5-7,10H,3-4H2;1,3H,2,4H2. The molecule has 1 aliphatic heterocycles. The third-order valence-corrected chi connectivity index (χ3v) is 2.75. The van der Waals surface area contributed by atoms with Crippen LogP contribution in [0.25, 0.3) is 0 Å². The van der Waals surface area contributed by atoms with Crippen molar-refractivity contribution in [1.29, 1.82) is 0 Å². The van der Waals surface area contributed by atoms with Gasteiger partial charge in [0, 0.05) is 12.8 Å². The fourth-order valence-electron chi connectivity index (χ4n) is 1.77. The number of carbonyl (C=O) groups excluding carboxylic acids is 2. The summed E-state index contributed by atoms with van der Waals surface area (Å²) in [5.41, 5.74) is 0. The summed E-state index contributed by atoms with van der Waals surface area (Å²) in [6.07, 6.45) is 14.8. The first kappa shape index (κ1) is 13.3. The number of hydrogen-bond donors (Lipinski definition) is 0. The van der Waals surface area contributed by atoms with Gasteiger partial charge in [0.1, 0.15) is 0 Å². The van der Waals surface area contributed by atoms with E-state index < -0.39 is 6.29 Å². The number of allylic oxidation sites excluding steroid dienone is 6. The van der Waals surface area contributed by atoms with E-state index in [-0.39, 0.29) is 11.6 Å². The summed E-state index contributed by atoms with van der Waals surface area (Å²) in [7, 11) is 0. The van der Waals surface area contributed by atoms with Gasteiger partial charge < -0.3 is 9.47 Å². The van der Waals surface area contributed by atoms with E-state index in [2.05, 4.69) is 0 Å². The van der Waals surface area contributed by atoms with Gasteiger partial charge >= 0.3 is 0 Å². The van der Waals surface area contributed by atoms with E-state index in [0.29, 0.717) is 12.2 Å². The Bertz CT molecular complexity index is 469. The molecule has 0 aromatic heterocycles. The van der Waals surface area contributed by atoms with Crippen LogP contribution in [0.2, 0.25) is 0 Å². The molecule has 1 heterocycles. The lowest BCUT2D eigenvalue weighted by Crippen LogP contribution is -2.15. The van der Waals surface area contributed by atoms with Crippen LogP contribution in [-0.4, -0.2) is 17.9 Å². The summed E-state index contributed by atoms with van der Waals surface area (Å²) in [5.74, 6) is 0.770. The topological polar surface area (TPSA) is 52.6 Å². The number of rotatable bonds is 2. The summed E-state index contributed by atoms with van der Waals surface area (Å²) in [6, 6.07) is 0. The Morgan fingerprint density at radius 1 is 1.16 bits per heavy atom. The second-order valence-electron chi connectivity index (χ2n) is 4.27. The van der Waals surface area contributed by atoms with Crippen molar-refractivity contribution in [1.82, 2.24) is 0 Å². The van der Waals surface area contributed by atoms with Gasteiger partial charge in [-0.05, 0) is 37.1 Å². The lowest BCUT2D eigenvalue weighted by atomic mass is 10.3. The zero-order chi connectivity index (χ0) is 13.5. The highest BCUT2D eigenvalue weighted by Gasteiger charge is 2.20. The first-order valence-electron chi connectivity index (χ1n) is 6.34. The molecule has 1 unspecified atom stereocenters. The minimum Gasteiger partial charge on any atom is -0.459 e. The number of hydrogen-bond acceptors (Lipinski definition) is 4. The molecule has 3 aliphatic rings. The summed E-state index contributed by atoms with van der Waals surface area (Å²) >= 11 is 0. The van der Waals surface area contributed by atoms with Crippen LogP contribution in [0.5, 0.6) is 0 Å². The maximum absolute atomic E-state index is 11.2. The van der Waals surface area contributed by atoms with E-state index in [9.17, 15) is 9.59 Å². The summed E-state index contributed by atoms with van der Waals surface area (Å²) in [5, 5.41) is 0. The van der Waals surface area contributed by atoms with Gasteiger partial charge in [-0.25, -0.2) is 0 Å². The van der Waals surface area contributed by atoms with Crippen LogP contribution in [0.15, 0.2) is 48.5 Å². The number of ketones is 2. The highest BCUT2D eigenvalue weighted by molar-refractivity contribution is 5.95. The molecule has 4 heteroatoms. The monoisotopic (exact) mass is 260 g/mol. The van der Waals surface area contributed by atoms with E-state index in [1.807, 2.05) is 12.2 Å². The second kappa shape index (κ2) is 6.73. The third kappa shape index (κ3) is 4.25. The molecule has 0 saturated heterocycles. The molecular weight excluding hydrogens is 244 g/mol. The first-order chi connectivity index (χ1) is 9.25. The van der Waals surface area contributed by atoms with Crippen molar-refractivity contribution in [2.24, 2.45) is 0 Å². The van der Waals surface area contributed by atoms with E-state index in [1.165, 1.54) is 0 Å². The molecule has 0 spiro atoms. The molecule has 0 aromatic carbocycles. The van der Waals surface area contributed by atoms with Gasteiger partial charge in [0.05, 0.1) is 6.26 Å². The van der Waals surface area contributed by atoms with Gasteiger partial charge in [-0.3, -0.25) is 9.59 Å². The van der Waals surface area contributed by atoms with Gasteiger partial charge in [-0.1, -0.05) is 12.2 Å². The first-order valence-corrected chi connectivity index (χ1v) is 6.34. The number of carbonyl (C=O) groups is 2. The SMILES string of the molecule is O=C1C=CCC1.O=C1CCC=C1OC1C=CC=CO1. The fraction of sp³-hybridized carbons (Fsp3) is 0.333. The summed E-state index contributed by atoms with van der Waals surface area (Å²) in [4.78, 5) is 21.3. The van der Waals surface area contributed by atoms with Gasteiger partial charge in [0.25, 0.3) is 6.29 Å². The average Bonchev–Trinajstić information content (AvgIpc) is 3.04. The van der Waals surface area contributed by atoms with Crippen LogP contribution >= 0.6 is 0 Å². The van der Waals surface area contributed by atoms with Crippen LogP contribution in [0, 0.1) is 0 Å². The van der Waals surface area contributed by atoms with Crippen molar-refractivity contribution < 1.29 is 19.1 Å². The van der Waals surface area contributed by atoms with Gasteiger partial charge in [0.15, 0.2) is 17.3 Å². The zero-order valence-corrected chi connectivity index (χ0v) is 10.6. The lowest BCUT2D eigenvalue weighted by molar-refractivity contribution is -0.122. The molecule has 0 radical (unpaired) electrons. The normalized spacial score (nSPS) is 23.8. The van der Waals surface area contributed by atoms with Gasteiger partial charge in [-0.2, -0.15) is 0 Å². The Balaban J connectivity index is 0.000000186. The molecule has 0 amide bonds. The molecule has 4 nitrogen and oxygen atoms in total. The van der Waals surface area contributed by atoms with Crippen molar-refractivity contribution in [3.8, 4) is 0 Å². The Kier molecular flexibility index (Phi) is 4.72. The minimum atomic E-state index is -0.446. The number of Topliss-reactive ketones (excluding diaryl/α,β-unsaturated/α-hetero) is 1. The molecule has 0 bridgehead atoms. The zero-order valence-electron chi connectivity index (χ0n) is 10.6. The molecule has 19 heavy (non-hydrogen) atoms. The highest BCUT2D eigenvalue weighted by atomic mass is 16.7. The lowest BCUT2D eigenvalue weighted by Gasteiger charge is -2.16.